The molecule has 0 spiro atoms. The Morgan fingerprint density at radius 2 is 0.778 bits per heavy atom. The summed E-state index contributed by atoms with van der Waals surface area (Å²) in [6, 6.07) is -4.80. The predicted octanol–water partition coefficient (Wildman–Crippen LogP) is 3.42. The van der Waals surface area contributed by atoms with Crippen molar-refractivity contribution < 1.29 is 38.4 Å². The maximum atomic E-state index is 14.3. The van der Waals surface area contributed by atoms with E-state index in [-0.39, 0.29) is 84.3 Å². The second-order valence-corrected chi connectivity index (χ2v) is 24.0. The van der Waals surface area contributed by atoms with Gasteiger partial charge in [0.15, 0.2) is 0 Å². The summed E-state index contributed by atoms with van der Waals surface area (Å²) >= 11 is 0. The van der Waals surface area contributed by atoms with Crippen molar-refractivity contribution in [3.8, 4) is 0 Å². The molecular weight excluding hydrogens is 917 g/mol. The van der Waals surface area contributed by atoms with E-state index in [9.17, 15) is 38.4 Å². The lowest BCUT2D eigenvalue weighted by atomic mass is 9.77. The van der Waals surface area contributed by atoms with Crippen LogP contribution in [0.4, 0.5) is 0 Å². The first-order chi connectivity index (χ1) is 34.1. The Bertz CT molecular complexity index is 1740. The number of hydrogen-bond donors (Lipinski definition) is 8. The number of carbonyl (C=O) groups excluding carboxylic acids is 8. The van der Waals surface area contributed by atoms with Gasteiger partial charge in [0.1, 0.15) is 24.2 Å². The maximum absolute atomic E-state index is 14.3. The van der Waals surface area contributed by atoms with Gasteiger partial charge < -0.3 is 52.3 Å². The topological polar surface area (TPSA) is 239 Å². The van der Waals surface area contributed by atoms with E-state index in [0.29, 0.717) is 51.6 Å². The first kappa shape index (κ1) is 58.6. The van der Waals surface area contributed by atoms with Crippen molar-refractivity contribution in [3.63, 3.8) is 0 Å². The molecule has 0 bridgehead atoms. The smallest absolute Gasteiger partial charge is 0.246 e. The molecule has 5 fully saturated rings. The largest absolute Gasteiger partial charge is 0.354 e. The molecule has 2 saturated heterocycles. The number of rotatable bonds is 20. The number of nitrogens with zero attached hydrogens (tertiary/aromatic N) is 2. The second kappa shape index (κ2) is 26.8. The van der Waals surface area contributed by atoms with Crippen LogP contribution in [-0.2, 0) is 38.4 Å². The highest BCUT2D eigenvalue weighted by Gasteiger charge is 2.45. The molecule has 0 aromatic rings. The summed E-state index contributed by atoms with van der Waals surface area (Å²) in [5.41, 5.74) is -1.21. The average molecular weight is 1010 g/mol. The summed E-state index contributed by atoms with van der Waals surface area (Å²) < 4.78 is 0. The third-order valence-electron chi connectivity index (χ3n) is 16.7. The number of likely N-dealkylation sites (tertiary alicyclic amines) is 2. The molecule has 72 heavy (non-hydrogen) atoms. The summed E-state index contributed by atoms with van der Waals surface area (Å²) in [6.07, 6.45) is 15.0. The summed E-state index contributed by atoms with van der Waals surface area (Å²) in [6.45, 7) is 16.1. The van der Waals surface area contributed by atoms with E-state index < -0.39 is 58.9 Å². The summed E-state index contributed by atoms with van der Waals surface area (Å²) in [4.78, 5) is 115. The van der Waals surface area contributed by atoms with Crippen LogP contribution in [-0.4, -0.2) is 146 Å². The summed E-state index contributed by atoms with van der Waals surface area (Å²) in [5, 5.41) is 24.7. The van der Waals surface area contributed by atoms with E-state index in [4.69, 9.17) is 0 Å². The average Bonchev–Trinajstić information content (AvgIpc) is 4.08. The fourth-order valence-electron chi connectivity index (χ4n) is 11.8. The van der Waals surface area contributed by atoms with Crippen LogP contribution in [0.1, 0.15) is 171 Å². The Labute approximate surface area is 430 Å². The van der Waals surface area contributed by atoms with Gasteiger partial charge in [-0.15, -0.1) is 0 Å². The monoisotopic (exact) mass is 1010 g/mol. The van der Waals surface area contributed by atoms with E-state index in [0.717, 1.165) is 77.0 Å². The number of nitrogens with one attached hydrogen (secondary N) is 8. The Morgan fingerprint density at radius 1 is 0.444 bits per heavy atom. The van der Waals surface area contributed by atoms with E-state index >= 15 is 0 Å². The van der Waals surface area contributed by atoms with Crippen molar-refractivity contribution in [1.82, 2.24) is 52.3 Å². The molecule has 8 N–H and O–H groups in total. The molecule has 0 aromatic heterocycles. The first-order valence-corrected chi connectivity index (χ1v) is 27.8. The molecule has 8 amide bonds. The Balaban J connectivity index is 1.24. The zero-order valence-corrected chi connectivity index (χ0v) is 45.6. The molecule has 5 aliphatic rings. The zero-order valence-electron chi connectivity index (χ0n) is 45.6. The quantitative estimate of drug-likeness (QED) is 0.0885. The maximum Gasteiger partial charge on any atom is 0.246 e. The molecule has 2 aliphatic heterocycles. The minimum atomic E-state index is -0.831. The number of likely N-dealkylation sites (N-methyl/N-ethyl adjacent to an activating group) is 2. The first-order valence-electron chi connectivity index (χ1n) is 27.8. The minimum absolute atomic E-state index is 0.137. The van der Waals surface area contributed by atoms with Gasteiger partial charge >= 0.3 is 0 Å². The van der Waals surface area contributed by atoms with Crippen molar-refractivity contribution in [2.75, 3.05) is 40.3 Å². The highest BCUT2D eigenvalue weighted by molar-refractivity contribution is 5.95. The van der Waals surface area contributed by atoms with Crippen LogP contribution >= 0.6 is 0 Å². The lowest BCUT2D eigenvalue weighted by Crippen LogP contribution is -2.60. The number of carbonyl (C=O) groups is 8. The molecule has 408 valence electrons. The molecule has 18 nitrogen and oxygen atoms in total. The molecule has 2 unspecified atom stereocenters. The van der Waals surface area contributed by atoms with Crippen LogP contribution < -0.4 is 42.5 Å². The Hall–Kier alpha value is -4.32. The van der Waals surface area contributed by atoms with Crippen LogP contribution in [0.5, 0.6) is 0 Å². The van der Waals surface area contributed by atoms with Gasteiger partial charge in [-0.25, -0.2) is 0 Å². The lowest BCUT2D eigenvalue weighted by Gasteiger charge is -2.37. The third-order valence-corrected chi connectivity index (χ3v) is 16.7. The zero-order chi connectivity index (χ0) is 52.9. The van der Waals surface area contributed by atoms with Gasteiger partial charge in [0, 0.05) is 50.1 Å². The van der Waals surface area contributed by atoms with Crippen LogP contribution in [0.15, 0.2) is 0 Å². The summed E-state index contributed by atoms with van der Waals surface area (Å²) in [7, 11) is 3.37. The number of amides is 8. The fourth-order valence-corrected chi connectivity index (χ4v) is 11.8. The highest BCUT2D eigenvalue weighted by atomic mass is 16.2. The molecule has 10 atom stereocenters. The standard InChI is InChI=1S/C54H94N10O8/c1-33(55-9)45(65)61-43(53(3,4)5)51(71)63-29-19-27-41(63)49(69)59-39(35-21-13-11-14-22-35)31-57-47(67)37-25-17-18-26-38(37)48(68)58-32-40(36-23-15-12-16-24-36)60-50(70)42-28-20-30-64(42)52(72)44(54(6,7)8)62-46(66)34(2)56-10/h33-44,55-56H,11-32H2,1-10H3,(H,57,67)(H,58,68)(H,59,69)(H,60,70)(H,61,65)(H,62,66)/t33-,34-,37?,38?,39+,40+,41-,42-,43+,44+/m0/s1. The van der Waals surface area contributed by atoms with Gasteiger partial charge in [-0.3, -0.25) is 38.4 Å². The molecule has 5 rings (SSSR count). The molecule has 3 saturated carbocycles. The van der Waals surface area contributed by atoms with Crippen LogP contribution in [0, 0.1) is 34.5 Å². The highest BCUT2D eigenvalue weighted by Crippen LogP contribution is 2.33. The van der Waals surface area contributed by atoms with Gasteiger partial charge in [0.2, 0.25) is 47.3 Å². The van der Waals surface area contributed by atoms with Gasteiger partial charge in [-0.2, -0.15) is 0 Å². The second-order valence-electron chi connectivity index (χ2n) is 24.0. The molecule has 0 aromatic carbocycles. The van der Waals surface area contributed by atoms with E-state index in [2.05, 4.69) is 42.5 Å². The third kappa shape index (κ3) is 15.6. The molecule has 3 aliphatic carbocycles. The van der Waals surface area contributed by atoms with E-state index in [1.165, 1.54) is 0 Å². The van der Waals surface area contributed by atoms with Gasteiger partial charge in [0.05, 0.1) is 12.1 Å². The van der Waals surface area contributed by atoms with Crippen molar-refractivity contribution >= 4 is 47.3 Å². The van der Waals surface area contributed by atoms with Gasteiger partial charge in [-0.05, 0) is 115 Å². The van der Waals surface area contributed by atoms with Crippen molar-refractivity contribution in [3.05, 3.63) is 0 Å². The van der Waals surface area contributed by atoms with Crippen molar-refractivity contribution in [1.29, 1.82) is 0 Å². The SMILES string of the molecule is CN[C@@H](C)C(=O)N[C@H](C(=O)N1CCC[C@H]1C(=O)N[C@H](CNC(=O)C1CCCCC1C(=O)NC[C@@H](NC(=O)[C@@H]1CCCN1C(=O)[C@@H](NC(=O)[C@H](C)NC)C(C)(C)C)C1CCCCC1)C1CCCCC1)C(C)(C)C. The van der Waals surface area contributed by atoms with Crippen molar-refractivity contribution in [2.45, 2.75) is 219 Å². The van der Waals surface area contributed by atoms with Crippen LogP contribution in [0.2, 0.25) is 0 Å². The Kier molecular flexibility index (Phi) is 21.8. The van der Waals surface area contributed by atoms with Crippen molar-refractivity contribution in [2.24, 2.45) is 34.5 Å². The normalized spacial score (nSPS) is 25.0. The van der Waals surface area contributed by atoms with Gasteiger partial charge in [0.25, 0.3) is 0 Å². The van der Waals surface area contributed by atoms with Crippen LogP contribution in [0.3, 0.4) is 0 Å². The van der Waals surface area contributed by atoms with Crippen LogP contribution in [0.25, 0.3) is 0 Å². The molecular formula is C54H94N10O8. The van der Waals surface area contributed by atoms with E-state index in [1.807, 2.05) is 41.5 Å². The van der Waals surface area contributed by atoms with E-state index in [1.54, 1.807) is 37.7 Å². The molecule has 2 heterocycles. The Morgan fingerprint density at radius 3 is 1.10 bits per heavy atom. The lowest BCUT2D eigenvalue weighted by molar-refractivity contribution is -0.144. The fraction of sp³-hybridized carbons (Fsp3) is 0.852. The number of hydrogen-bond acceptors (Lipinski definition) is 10. The molecule has 0 radical (unpaired) electrons. The molecule has 18 heteroatoms. The van der Waals surface area contributed by atoms with Gasteiger partial charge in [-0.1, -0.05) is 92.9 Å². The minimum Gasteiger partial charge on any atom is -0.354 e. The predicted molar refractivity (Wildman–Crippen MR) is 278 cm³/mol. The summed E-state index contributed by atoms with van der Waals surface area (Å²) in [5.74, 6) is -2.94.